The monoisotopic (exact) mass is 247 g/mol. The van der Waals surface area contributed by atoms with Gasteiger partial charge in [-0.2, -0.15) is 0 Å². The maximum Gasteiger partial charge on any atom is 0.239 e. The molecular formula is C14H21N3O. The summed E-state index contributed by atoms with van der Waals surface area (Å²) in [4.78, 5) is 16.0. The summed E-state index contributed by atoms with van der Waals surface area (Å²) in [6.45, 7) is 7.14. The second kappa shape index (κ2) is 5.40. The molecule has 2 N–H and O–H groups in total. The third-order valence-electron chi connectivity index (χ3n) is 3.44. The molecule has 0 radical (unpaired) electrons. The molecule has 0 aromatic heterocycles. The molecule has 1 aromatic carbocycles. The van der Waals surface area contributed by atoms with Crippen LogP contribution in [0.4, 0.5) is 5.69 Å². The maximum atomic E-state index is 11.8. The van der Waals surface area contributed by atoms with E-state index in [2.05, 4.69) is 36.1 Å². The van der Waals surface area contributed by atoms with E-state index in [1.165, 1.54) is 11.3 Å². The van der Waals surface area contributed by atoms with Crippen LogP contribution in [0.15, 0.2) is 24.3 Å². The van der Waals surface area contributed by atoms with Crippen molar-refractivity contribution in [3.63, 3.8) is 0 Å². The average Bonchev–Trinajstić information content (AvgIpc) is 2.38. The fraction of sp³-hybridized carbons (Fsp3) is 0.500. The lowest BCUT2D eigenvalue weighted by atomic mass is 10.1. The molecule has 1 aliphatic rings. The first-order valence-electron chi connectivity index (χ1n) is 6.44. The largest absolute Gasteiger partial charge is 0.368 e. The van der Waals surface area contributed by atoms with Gasteiger partial charge in [0.05, 0.1) is 6.04 Å². The van der Waals surface area contributed by atoms with Crippen molar-refractivity contribution < 1.29 is 4.79 Å². The van der Waals surface area contributed by atoms with E-state index in [1.807, 2.05) is 4.90 Å². The molecule has 1 aromatic rings. The lowest BCUT2D eigenvalue weighted by Crippen LogP contribution is -2.52. The minimum Gasteiger partial charge on any atom is -0.368 e. The quantitative estimate of drug-likeness (QED) is 0.848. The van der Waals surface area contributed by atoms with Gasteiger partial charge in [0.1, 0.15) is 0 Å². The number of hydrogen-bond acceptors (Lipinski definition) is 3. The van der Waals surface area contributed by atoms with Crippen LogP contribution in [-0.2, 0) is 4.79 Å². The minimum atomic E-state index is -0.394. The zero-order valence-corrected chi connectivity index (χ0v) is 11.1. The summed E-state index contributed by atoms with van der Waals surface area (Å²) >= 11 is 0. The normalized spacial score (nSPS) is 17.7. The number of rotatable bonds is 2. The molecule has 0 bridgehead atoms. The third-order valence-corrected chi connectivity index (χ3v) is 3.44. The second-order valence-corrected chi connectivity index (χ2v) is 4.89. The van der Waals surface area contributed by atoms with E-state index in [0.717, 1.165) is 26.2 Å². The van der Waals surface area contributed by atoms with Crippen molar-refractivity contribution in [2.45, 2.75) is 19.9 Å². The van der Waals surface area contributed by atoms with Crippen LogP contribution < -0.4 is 10.6 Å². The van der Waals surface area contributed by atoms with Gasteiger partial charge in [0, 0.05) is 31.9 Å². The standard InChI is InChI=1S/C14H21N3O/c1-11-5-3-4-6-13(11)16-7-9-17(10-8-16)14(18)12(2)15/h3-6,12H,7-10,15H2,1-2H3/t12-/m1/s1. The van der Waals surface area contributed by atoms with Crippen molar-refractivity contribution >= 4 is 11.6 Å². The Hall–Kier alpha value is -1.55. The lowest BCUT2D eigenvalue weighted by molar-refractivity contribution is -0.132. The van der Waals surface area contributed by atoms with Gasteiger partial charge in [0.25, 0.3) is 0 Å². The van der Waals surface area contributed by atoms with Crippen molar-refractivity contribution in [1.82, 2.24) is 4.90 Å². The van der Waals surface area contributed by atoms with Gasteiger partial charge in [-0.15, -0.1) is 0 Å². The van der Waals surface area contributed by atoms with Gasteiger partial charge >= 0.3 is 0 Å². The molecule has 1 amide bonds. The number of carbonyl (C=O) groups is 1. The van der Waals surface area contributed by atoms with Gasteiger partial charge in [0.2, 0.25) is 5.91 Å². The van der Waals surface area contributed by atoms with E-state index in [4.69, 9.17) is 5.73 Å². The molecule has 18 heavy (non-hydrogen) atoms. The SMILES string of the molecule is Cc1ccccc1N1CCN(C(=O)[C@@H](C)N)CC1. The highest BCUT2D eigenvalue weighted by molar-refractivity contribution is 5.81. The highest BCUT2D eigenvalue weighted by Gasteiger charge is 2.23. The number of para-hydroxylation sites is 1. The number of benzene rings is 1. The molecular weight excluding hydrogens is 226 g/mol. The summed E-state index contributed by atoms with van der Waals surface area (Å²) in [7, 11) is 0. The number of piperazine rings is 1. The van der Waals surface area contributed by atoms with E-state index in [-0.39, 0.29) is 5.91 Å². The first-order valence-corrected chi connectivity index (χ1v) is 6.44. The number of anilines is 1. The van der Waals surface area contributed by atoms with E-state index in [9.17, 15) is 4.79 Å². The first kappa shape index (κ1) is 12.9. The Morgan fingerprint density at radius 2 is 1.83 bits per heavy atom. The van der Waals surface area contributed by atoms with E-state index < -0.39 is 6.04 Å². The Bertz CT molecular complexity index is 423. The van der Waals surface area contributed by atoms with Crippen LogP contribution in [0.1, 0.15) is 12.5 Å². The van der Waals surface area contributed by atoms with Gasteiger partial charge in [-0.3, -0.25) is 4.79 Å². The molecule has 1 heterocycles. The molecule has 4 nitrogen and oxygen atoms in total. The molecule has 0 aliphatic carbocycles. The Morgan fingerprint density at radius 1 is 1.22 bits per heavy atom. The molecule has 1 fully saturated rings. The Labute approximate surface area is 108 Å². The number of hydrogen-bond donors (Lipinski definition) is 1. The topological polar surface area (TPSA) is 49.6 Å². The summed E-state index contributed by atoms with van der Waals surface area (Å²) < 4.78 is 0. The smallest absolute Gasteiger partial charge is 0.239 e. The third kappa shape index (κ3) is 2.64. The fourth-order valence-electron chi connectivity index (χ4n) is 2.37. The summed E-state index contributed by atoms with van der Waals surface area (Å²) in [5, 5.41) is 0. The minimum absolute atomic E-state index is 0.0550. The predicted octanol–water partition coefficient (Wildman–Crippen LogP) is 0.991. The van der Waals surface area contributed by atoms with Crippen LogP contribution in [0, 0.1) is 6.92 Å². The highest BCUT2D eigenvalue weighted by Crippen LogP contribution is 2.20. The average molecular weight is 247 g/mol. The molecule has 0 spiro atoms. The fourth-order valence-corrected chi connectivity index (χ4v) is 2.37. The van der Waals surface area contributed by atoms with Gasteiger partial charge in [-0.25, -0.2) is 0 Å². The summed E-state index contributed by atoms with van der Waals surface area (Å²) in [5.41, 5.74) is 8.18. The summed E-state index contributed by atoms with van der Waals surface area (Å²) in [6.07, 6.45) is 0. The van der Waals surface area contributed by atoms with Crippen LogP contribution in [0.25, 0.3) is 0 Å². The Kier molecular flexibility index (Phi) is 3.87. The van der Waals surface area contributed by atoms with Crippen molar-refractivity contribution in [2.75, 3.05) is 31.1 Å². The van der Waals surface area contributed by atoms with Crippen LogP contribution >= 0.6 is 0 Å². The first-order chi connectivity index (χ1) is 8.59. The molecule has 1 saturated heterocycles. The van der Waals surface area contributed by atoms with Crippen molar-refractivity contribution in [3.05, 3.63) is 29.8 Å². The van der Waals surface area contributed by atoms with Crippen molar-refractivity contribution in [1.29, 1.82) is 0 Å². The molecule has 1 aliphatic heterocycles. The van der Waals surface area contributed by atoms with E-state index >= 15 is 0 Å². The number of nitrogens with two attached hydrogens (primary N) is 1. The van der Waals surface area contributed by atoms with Crippen molar-refractivity contribution in [2.24, 2.45) is 5.73 Å². The molecule has 98 valence electrons. The number of amides is 1. The zero-order valence-electron chi connectivity index (χ0n) is 11.1. The van der Waals surface area contributed by atoms with Gasteiger partial charge in [-0.05, 0) is 25.5 Å². The highest BCUT2D eigenvalue weighted by atomic mass is 16.2. The molecule has 4 heteroatoms. The zero-order chi connectivity index (χ0) is 13.1. The number of aryl methyl sites for hydroxylation is 1. The summed E-state index contributed by atoms with van der Waals surface area (Å²) in [6, 6.07) is 7.97. The predicted molar refractivity (Wildman–Crippen MR) is 73.6 cm³/mol. The van der Waals surface area contributed by atoms with Gasteiger partial charge in [-0.1, -0.05) is 18.2 Å². The molecule has 0 unspecified atom stereocenters. The van der Waals surface area contributed by atoms with E-state index in [1.54, 1.807) is 6.92 Å². The Morgan fingerprint density at radius 3 is 2.39 bits per heavy atom. The van der Waals surface area contributed by atoms with Gasteiger partial charge < -0.3 is 15.5 Å². The van der Waals surface area contributed by atoms with Crippen LogP contribution in [-0.4, -0.2) is 43.0 Å². The van der Waals surface area contributed by atoms with E-state index in [0.29, 0.717) is 0 Å². The van der Waals surface area contributed by atoms with Crippen LogP contribution in [0.3, 0.4) is 0 Å². The maximum absolute atomic E-state index is 11.8. The Balaban J connectivity index is 1.99. The second-order valence-electron chi connectivity index (χ2n) is 4.89. The van der Waals surface area contributed by atoms with Crippen LogP contribution in [0.2, 0.25) is 0 Å². The summed E-state index contributed by atoms with van der Waals surface area (Å²) in [5.74, 6) is 0.0550. The molecule has 1 atom stereocenters. The van der Waals surface area contributed by atoms with Crippen LogP contribution in [0.5, 0.6) is 0 Å². The lowest BCUT2D eigenvalue weighted by Gasteiger charge is -2.37. The number of nitrogens with zero attached hydrogens (tertiary/aromatic N) is 2. The molecule has 2 rings (SSSR count). The molecule has 0 saturated carbocycles. The number of carbonyl (C=O) groups excluding carboxylic acids is 1. The van der Waals surface area contributed by atoms with Crippen molar-refractivity contribution in [3.8, 4) is 0 Å². The van der Waals surface area contributed by atoms with Gasteiger partial charge in [0.15, 0.2) is 0 Å².